The monoisotopic (exact) mass is 302 g/mol. The van der Waals surface area contributed by atoms with Crippen LogP contribution in [-0.4, -0.2) is 19.5 Å². The van der Waals surface area contributed by atoms with E-state index in [-0.39, 0.29) is 0 Å². The molecule has 0 atom stereocenters. The number of hydrogen-bond donors (Lipinski definition) is 0. The molecule has 2 aromatic heterocycles. The first kappa shape index (κ1) is 11.3. The Bertz CT molecular complexity index is 733. The van der Waals surface area contributed by atoms with Crippen LogP contribution >= 0.6 is 15.9 Å². The number of nitrogens with zero attached hydrogens (tertiary/aromatic N) is 4. The van der Waals surface area contributed by atoms with Crippen molar-refractivity contribution in [3.8, 4) is 5.82 Å². The smallest absolute Gasteiger partial charge is 0.156 e. The van der Waals surface area contributed by atoms with Gasteiger partial charge in [-0.1, -0.05) is 0 Å². The Kier molecular flexibility index (Phi) is 2.63. The summed E-state index contributed by atoms with van der Waals surface area (Å²) >= 11 is 3.46. The number of benzene rings is 1. The molecule has 5 heteroatoms. The first-order valence-electron chi connectivity index (χ1n) is 5.57. The van der Waals surface area contributed by atoms with Crippen LogP contribution in [-0.2, 0) is 0 Å². The van der Waals surface area contributed by atoms with Gasteiger partial charge in [0.05, 0.1) is 15.5 Å². The fraction of sp³-hybridized carbons (Fsp3) is 0.154. The molecule has 18 heavy (non-hydrogen) atoms. The minimum atomic E-state index is 0.802. The third kappa shape index (κ3) is 1.71. The summed E-state index contributed by atoms with van der Waals surface area (Å²) in [4.78, 5) is 12.7. The molecule has 0 N–H and O–H groups in total. The largest absolute Gasteiger partial charge is 0.282 e. The van der Waals surface area contributed by atoms with E-state index in [2.05, 4.69) is 56.9 Å². The Morgan fingerprint density at radius 1 is 1.11 bits per heavy atom. The zero-order chi connectivity index (χ0) is 12.7. The van der Waals surface area contributed by atoms with Crippen molar-refractivity contribution in [3.63, 3.8) is 0 Å². The Labute approximate surface area is 113 Å². The zero-order valence-corrected chi connectivity index (χ0v) is 11.6. The van der Waals surface area contributed by atoms with Crippen molar-refractivity contribution in [3.05, 3.63) is 46.6 Å². The summed E-state index contributed by atoms with van der Waals surface area (Å²) in [6.07, 6.45) is 5.05. The Hall–Kier alpha value is -1.75. The molecule has 0 bridgehead atoms. The van der Waals surface area contributed by atoms with E-state index in [1.54, 1.807) is 12.5 Å². The first-order valence-corrected chi connectivity index (χ1v) is 6.36. The summed E-state index contributed by atoms with van der Waals surface area (Å²) in [5.74, 6) is 0.802. The van der Waals surface area contributed by atoms with Crippen molar-refractivity contribution in [1.82, 2.24) is 19.5 Å². The third-order valence-corrected chi connectivity index (χ3v) is 3.60. The van der Waals surface area contributed by atoms with E-state index < -0.39 is 0 Å². The topological polar surface area (TPSA) is 43.6 Å². The average Bonchev–Trinajstić information content (AvgIpc) is 2.73. The maximum atomic E-state index is 4.42. The maximum absolute atomic E-state index is 4.42. The summed E-state index contributed by atoms with van der Waals surface area (Å²) in [6.45, 7) is 4.19. The van der Waals surface area contributed by atoms with Crippen LogP contribution in [0.4, 0.5) is 0 Å². The minimum absolute atomic E-state index is 0.802. The lowest BCUT2D eigenvalue weighted by Gasteiger charge is -2.06. The Morgan fingerprint density at radius 2 is 1.89 bits per heavy atom. The van der Waals surface area contributed by atoms with Crippen LogP contribution in [0.15, 0.2) is 35.5 Å². The second-order valence-electron chi connectivity index (χ2n) is 4.23. The van der Waals surface area contributed by atoms with Crippen molar-refractivity contribution in [2.75, 3.05) is 0 Å². The van der Waals surface area contributed by atoms with Gasteiger partial charge < -0.3 is 0 Å². The van der Waals surface area contributed by atoms with Gasteiger partial charge in [0.2, 0.25) is 0 Å². The van der Waals surface area contributed by atoms with Gasteiger partial charge >= 0.3 is 0 Å². The Morgan fingerprint density at radius 3 is 2.67 bits per heavy atom. The molecule has 1 aromatic carbocycles. The molecule has 4 nitrogen and oxygen atoms in total. The number of aryl methyl sites for hydroxylation is 2. The highest BCUT2D eigenvalue weighted by molar-refractivity contribution is 9.10. The van der Waals surface area contributed by atoms with E-state index in [0.29, 0.717) is 0 Å². The number of aromatic nitrogens is 4. The van der Waals surface area contributed by atoms with E-state index in [4.69, 9.17) is 0 Å². The average molecular weight is 303 g/mol. The van der Waals surface area contributed by atoms with Crippen LogP contribution in [0, 0.1) is 13.8 Å². The predicted molar refractivity (Wildman–Crippen MR) is 73.8 cm³/mol. The fourth-order valence-electron chi connectivity index (χ4n) is 1.92. The predicted octanol–water partition coefficient (Wildman–Crippen LogP) is 3.19. The molecule has 90 valence electrons. The standard InChI is InChI=1S/C13H11BrN4/c1-8-3-11-12(4-9(8)2)18(7-17-11)13-10(14)5-15-6-16-13/h3-7H,1-2H3. The molecule has 3 rings (SSSR count). The molecule has 0 aliphatic rings. The summed E-state index contributed by atoms with van der Waals surface area (Å²) in [6, 6.07) is 4.22. The van der Waals surface area contributed by atoms with Crippen LogP contribution in [0.2, 0.25) is 0 Å². The van der Waals surface area contributed by atoms with Gasteiger partial charge in [-0.05, 0) is 53.0 Å². The lowest BCUT2D eigenvalue weighted by molar-refractivity contribution is 0.983. The van der Waals surface area contributed by atoms with Crippen molar-refractivity contribution in [2.45, 2.75) is 13.8 Å². The second kappa shape index (κ2) is 4.17. The molecule has 2 heterocycles. The van der Waals surface area contributed by atoms with Gasteiger partial charge in [0.1, 0.15) is 12.7 Å². The van der Waals surface area contributed by atoms with Crippen molar-refractivity contribution >= 4 is 27.0 Å². The number of halogens is 1. The summed E-state index contributed by atoms with van der Waals surface area (Å²) < 4.78 is 2.82. The highest BCUT2D eigenvalue weighted by atomic mass is 79.9. The van der Waals surface area contributed by atoms with E-state index in [1.165, 1.54) is 17.5 Å². The Balaban J connectivity index is 2.31. The van der Waals surface area contributed by atoms with E-state index >= 15 is 0 Å². The third-order valence-electron chi connectivity index (χ3n) is 3.04. The molecule has 0 fully saturated rings. The molecule has 0 spiro atoms. The molecule has 0 saturated heterocycles. The maximum Gasteiger partial charge on any atom is 0.156 e. The van der Waals surface area contributed by atoms with Crippen molar-refractivity contribution < 1.29 is 0 Å². The summed E-state index contributed by atoms with van der Waals surface area (Å²) in [7, 11) is 0. The lowest BCUT2D eigenvalue weighted by Crippen LogP contribution is -1.98. The molecule has 0 unspecified atom stereocenters. The highest BCUT2D eigenvalue weighted by Crippen LogP contribution is 2.24. The van der Waals surface area contributed by atoms with Crippen molar-refractivity contribution in [2.24, 2.45) is 0 Å². The molecule has 0 aliphatic heterocycles. The molecule has 0 saturated carbocycles. The van der Waals surface area contributed by atoms with Crippen molar-refractivity contribution in [1.29, 1.82) is 0 Å². The van der Waals surface area contributed by atoms with Crippen LogP contribution < -0.4 is 0 Å². The summed E-state index contributed by atoms with van der Waals surface area (Å²) in [5, 5.41) is 0. The lowest BCUT2D eigenvalue weighted by atomic mass is 10.1. The van der Waals surface area contributed by atoms with Crippen LogP contribution in [0.25, 0.3) is 16.9 Å². The van der Waals surface area contributed by atoms with Crippen LogP contribution in [0.1, 0.15) is 11.1 Å². The normalized spacial score (nSPS) is 11.1. The van der Waals surface area contributed by atoms with E-state index in [1.807, 2.05) is 4.57 Å². The first-order chi connectivity index (χ1) is 8.66. The number of rotatable bonds is 1. The molecule has 0 amide bonds. The molecule has 0 aliphatic carbocycles. The van der Waals surface area contributed by atoms with Gasteiger partial charge in [-0.2, -0.15) is 0 Å². The van der Waals surface area contributed by atoms with E-state index in [9.17, 15) is 0 Å². The number of hydrogen-bond acceptors (Lipinski definition) is 3. The molecular weight excluding hydrogens is 292 g/mol. The van der Waals surface area contributed by atoms with Gasteiger partial charge in [-0.3, -0.25) is 4.57 Å². The van der Waals surface area contributed by atoms with Crippen LogP contribution in [0.5, 0.6) is 0 Å². The highest BCUT2D eigenvalue weighted by Gasteiger charge is 2.09. The van der Waals surface area contributed by atoms with E-state index in [0.717, 1.165) is 21.3 Å². The SMILES string of the molecule is Cc1cc2ncn(-c3ncncc3Br)c2cc1C. The fourth-order valence-corrected chi connectivity index (χ4v) is 2.33. The van der Waals surface area contributed by atoms with Gasteiger partial charge in [0.25, 0.3) is 0 Å². The van der Waals surface area contributed by atoms with Crippen LogP contribution in [0.3, 0.4) is 0 Å². The zero-order valence-electron chi connectivity index (χ0n) is 10.1. The molecular formula is C13H11BrN4. The molecule has 0 radical (unpaired) electrons. The molecule has 3 aromatic rings. The summed E-state index contributed by atoms with van der Waals surface area (Å²) in [5.41, 5.74) is 4.52. The van der Waals surface area contributed by atoms with Gasteiger partial charge in [0.15, 0.2) is 5.82 Å². The second-order valence-corrected chi connectivity index (χ2v) is 5.09. The van der Waals surface area contributed by atoms with Gasteiger partial charge in [-0.25, -0.2) is 15.0 Å². The quantitative estimate of drug-likeness (QED) is 0.693. The van der Waals surface area contributed by atoms with Gasteiger partial charge in [-0.15, -0.1) is 0 Å². The van der Waals surface area contributed by atoms with Gasteiger partial charge in [0, 0.05) is 6.20 Å². The number of fused-ring (bicyclic) bond motifs is 1. The number of imidazole rings is 1. The minimum Gasteiger partial charge on any atom is -0.282 e.